The molecule has 0 unspecified atom stereocenters. The Labute approximate surface area is 116 Å². The smallest absolute Gasteiger partial charge is 0.303 e. The average molecular weight is 279 g/mol. The minimum atomic E-state index is -0.900. The van der Waals surface area contributed by atoms with Gasteiger partial charge < -0.3 is 5.11 Å². The zero-order valence-electron chi connectivity index (χ0n) is 9.92. The van der Waals surface area contributed by atoms with Crippen LogP contribution < -0.4 is 0 Å². The van der Waals surface area contributed by atoms with Crippen molar-refractivity contribution < 1.29 is 9.90 Å². The molecule has 1 atom stereocenters. The molecular formula is C13H13NO2S2. The number of carbonyl (C=O) groups is 1. The van der Waals surface area contributed by atoms with Crippen molar-refractivity contribution >= 4 is 34.1 Å². The summed E-state index contributed by atoms with van der Waals surface area (Å²) in [6, 6.07) is 11.6. The van der Waals surface area contributed by atoms with Gasteiger partial charge in [-0.2, -0.15) is 5.26 Å². The van der Waals surface area contributed by atoms with E-state index < -0.39 is 10.7 Å². The number of hydrogen-bond acceptors (Lipinski definition) is 4. The van der Waals surface area contributed by atoms with Crippen LogP contribution >= 0.6 is 24.0 Å². The van der Waals surface area contributed by atoms with E-state index in [1.807, 2.05) is 30.3 Å². The summed E-state index contributed by atoms with van der Waals surface area (Å²) in [5.41, 5.74) is 0.884. The van der Waals surface area contributed by atoms with Gasteiger partial charge in [-0.25, -0.2) is 0 Å². The van der Waals surface area contributed by atoms with E-state index >= 15 is 0 Å². The van der Waals surface area contributed by atoms with Crippen LogP contribution in [0.25, 0.3) is 0 Å². The van der Waals surface area contributed by atoms with Crippen molar-refractivity contribution in [2.75, 3.05) is 0 Å². The van der Waals surface area contributed by atoms with Gasteiger partial charge in [0.1, 0.15) is 4.75 Å². The molecule has 0 spiro atoms. The van der Waals surface area contributed by atoms with E-state index in [-0.39, 0.29) is 12.8 Å². The molecule has 0 heterocycles. The molecule has 0 bridgehead atoms. The summed E-state index contributed by atoms with van der Waals surface area (Å²) in [7, 11) is 0. The second-order valence-electron chi connectivity index (χ2n) is 3.99. The summed E-state index contributed by atoms with van der Waals surface area (Å²) in [6.07, 6.45) is 0.241. The summed E-state index contributed by atoms with van der Waals surface area (Å²) >= 11 is 6.53. The number of nitriles is 1. The van der Waals surface area contributed by atoms with E-state index in [2.05, 4.69) is 6.07 Å². The second-order valence-corrected chi connectivity index (χ2v) is 6.17. The summed E-state index contributed by atoms with van der Waals surface area (Å²) in [5.74, 6) is -0.900. The first kappa shape index (κ1) is 14.7. The van der Waals surface area contributed by atoms with E-state index in [1.165, 1.54) is 11.8 Å². The van der Waals surface area contributed by atoms with Gasteiger partial charge in [0.25, 0.3) is 0 Å². The predicted octanol–water partition coefficient (Wildman–Crippen LogP) is 3.24. The molecule has 0 fully saturated rings. The van der Waals surface area contributed by atoms with Gasteiger partial charge in [0, 0.05) is 6.42 Å². The van der Waals surface area contributed by atoms with E-state index in [4.69, 9.17) is 17.3 Å². The van der Waals surface area contributed by atoms with Crippen LogP contribution in [0, 0.1) is 11.3 Å². The maximum Gasteiger partial charge on any atom is 0.303 e. The molecule has 0 radical (unpaired) electrons. The molecule has 0 amide bonds. The number of thioether (sulfide) groups is 1. The molecule has 3 nitrogen and oxygen atoms in total. The van der Waals surface area contributed by atoms with Crippen LogP contribution in [0.3, 0.4) is 0 Å². The molecule has 0 aliphatic carbocycles. The third kappa shape index (κ3) is 4.47. The summed E-state index contributed by atoms with van der Waals surface area (Å²) in [5, 5.41) is 17.8. The van der Waals surface area contributed by atoms with Gasteiger partial charge >= 0.3 is 5.97 Å². The quantitative estimate of drug-likeness (QED) is 0.838. The largest absolute Gasteiger partial charge is 0.481 e. The molecule has 1 N–H and O–H groups in total. The molecule has 5 heteroatoms. The third-order valence-electron chi connectivity index (χ3n) is 2.38. The lowest BCUT2D eigenvalue weighted by atomic mass is 10.1. The molecular weight excluding hydrogens is 266 g/mol. The highest BCUT2D eigenvalue weighted by atomic mass is 32.2. The number of carboxylic acids is 1. The standard InChI is InChI=1S/C13H13NO2S2/c1-13(9-14,8-7-11(15)16)18-12(17)10-5-3-2-4-6-10/h2-6H,7-8H2,1H3,(H,15,16)/t13-/m1/s1. The van der Waals surface area contributed by atoms with Crippen molar-refractivity contribution in [2.24, 2.45) is 0 Å². The number of thiocarbonyl (C=S) groups is 1. The average Bonchev–Trinajstić information content (AvgIpc) is 2.37. The Kier molecular flexibility index (Phi) is 5.32. The van der Waals surface area contributed by atoms with Gasteiger partial charge in [0.05, 0.1) is 10.3 Å². The Balaban J connectivity index is 2.72. The first-order chi connectivity index (χ1) is 8.47. The number of nitrogens with zero attached hydrogens (tertiary/aromatic N) is 1. The van der Waals surface area contributed by atoms with E-state index in [9.17, 15) is 10.1 Å². The van der Waals surface area contributed by atoms with E-state index in [0.717, 1.165) is 5.56 Å². The highest BCUT2D eigenvalue weighted by Crippen LogP contribution is 2.32. The lowest BCUT2D eigenvalue weighted by Crippen LogP contribution is -2.21. The Morgan fingerprint density at radius 3 is 2.61 bits per heavy atom. The van der Waals surface area contributed by atoms with E-state index in [1.54, 1.807) is 6.92 Å². The van der Waals surface area contributed by atoms with Crippen LogP contribution in [-0.2, 0) is 4.79 Å². The fraction of sp³-hybridized carbons (Fsp3) is 0.308. The van der Waals surface area contributed by atoms with Crippen molar-refractivity contribution in [2.45, 2.75) is 24.5 Å². The summed E-state index contributed by atoms with van der Waals surface area (Å²) in [6.45, 7) is 1.72. The maximum absolute atomic E-state index is 10.6. The molecule has 0 aliphatic heterocycles. The van der Waals surface area contributed by atoms with Crippen LogP contribution in [0.2, 0.25) is 0 Å². The topological polar surface area (TPSA) is 61.1 Å². The lowest BCUT2D eigenvalue weighted by Gasteiger charge is -2.20. The molecule has 0 aromatic heterocycles. The third-order valence-corrected chi connectivity index (χ3v) is 4.03. The van der Waals surface area contributed by atoms with Gasteiger partial charge in [-0.1, -0.05) is 54.3 Å². The summed E-state index contributed by atoms with van der Waals surface area (Å²) < 4.78 is -0.185. The normalized spacial score (nSPS) is 13.3. The van der Waals surface area contributed by atoms with Gasteiger partial charge in [-0.3, -0.25) is 4.79 Å². The van der Waals surface area contributed by atoms with Crippen LogP contribution in [0.4, 0.5) is 0 Å². The molecule has 0 saturated heterocycles. The fourth-order valence-electron chi connectivity index (χ4n) is 1.31. The Morgan fingerprint density at radius 1 is 1.50 bits per heavy atom. The van der Waals surface area contributed by atoms with Crippen molar-refractivity contribution in [1.29, 1.82) is 5.26 Å². The molecule has 0 saturated carbocycles. The zero-order chi connectivity index (χ0) is 13.6. The number of hydrogen-bond donors (Lipinski definition) is 1. The second kappa shape index (κ2) is 6.53. The molecule has 1 aromatic rings. The fourth-order valence-corrected chi connectivity index (χ4v) is 2.91. The van der Waals surface area contributed by atoms with Crippen LogP contribution in [0.15, 0.2) is 30.3 Å². The highest BCUT2D eigenvalue weighted by molar-refractivity contribution is 8.24. The van der Waals surface area contributed by atoms with Crippen LogP contribution in [-0.4, -0.2) is 20.0 Å². The maximum atomic E-state index is 10.6. The first-order valence-electron chi connectivity index (χ1n) is 5.38. The molecule has 94 valence electrons. The highest BCUT2D eigenvalue weighted by Gasteiger charge is 2.27. The predicted molar refractivity (Wildman–Crippen MR) is 76.6 cm³/mol. The number of rotatable bonds is 5. The molecule has 18 heavy (non-hydrogen) atoms. The van der Waals surface area contributed by atoms with Gasteiger partial charge in [0.15, 0.2) is 0 Å². The van der Waals surface area contributed by atoms with E-state index in [0.29, 0.717) is 4.20 Å². The first-order valence-corrected chi connectivity index (χ1v) is 6.61. The van der Waals surface area contributed by atoms with Crippen molar-refractivity contribution in [3.05, 3.63) is 35.9 Å². The SMILES string of the molecule is C[C@](C#N)(CCC(=O)O)SC(=S)c1ccccc1. The Morgan fingerprint density at radius 2 is 2.11 bits per heavy atom. The summed E-state index contributed by atoms with van der Waals surface area (Å²) in [4.78, 5) is 10.6. The van der Waals surface area contributed by atoms with Crippen molar-refractivity contribution in [3.8, 4) is 6.07 Å². The van der Waals surface area contributed by atoms with Gasteiger partial charge in [0.2, 0.25) is 0 Å². The molecule has 0 aliphatic rings. The number of benzene rings is 1. The van der Waals surface area contributed by atoms with Crippen LogP contribution in [0.5, 0.6) is 0 Å². The lowest BCUT2D eigenvalue weighted by molar-refractivity contribution is -0.137. The Hall–Kier alpha value is -1.38. The molecule has 1 aromatic carbocycles. The zero-order valence-corrected chi connectivity index (χ0v) is 11.6. The van der Waals surface area contributed by atoms with Crippen molar-refractivity contribution in [3.63, 3.8) is 0 Å². The van der Waals surface area contributed by atoms with Gasteiger partial charge in [-0.15, -0.1) is 0 Å². The number of carboxylic acid groups (broad SMARTS) is 1. The minimum absolute atomic E-state index is 0.0333. The minimum Gasteiger partial charge on any atom is -0.481 e. The number of aliphatic carboxylic acids is 1. The van der Waals surface area contributed by atoms with Crippen LogP contribution in [0.1, 0.15) is 25.3 Å². The van der Waals surface area contributed by atoms with Gasteiger partial charge in [-0.05, 0) is 18.9 Å². The Bertz CT molecular complexity index is 482. The monoisotopic (exact) mass is 279 g/mol. The molecule has 1 rings (SSSR count). The van der Waals surface area contributed by atoms with Crippen molar-refractivity contribution in [1.82, 2.24) is 0 Å².